The third-order valence-electron chi connectivity index (χ3n) is 3.51. The first-order chi connectivity index (χ1) is 11.0. The van der Waals surface area contributed by atoms with Crippen LogP contribution in [0.5, 0.6) is 5.75 Å². The van der Waals surface area contributed by atoms with E-state index in [1.807, 2.05) is 25.5 Å². The Labute approximate surface area is 141 Å². The average Bonchev–Trinajstić information content (AvgIpc) is 2.70. The molecular formula is C15H21N3O5S. The monoisotopic (exact) mass is 355 g/mol. The van der Waals surface area contributed by atoms with Crippen LogP contribution in [-0.4, -0.2) is 38.4 Å². The Hall–Kier alpha value is -2.29. The number of rotatable bonds is 4. The van der Waals surface area contributed by atoms with E-state index in [1.54, 1.807) is 6.07 Å². The number of aromatic hydroxyl groups is 1. The topological polar surface area (TPSA) is 116 Å². The second-order valence-corrected chi connectivity index (χ2v) is 8.21. The normalized spacial score (nSPS) is 16.8. The molecule has 1 aromatic rings. The summed E-state index contributed by atoms with van der Waals surface area (Å²) in [6.45, 7) is 5.48. The first-order valence-corrected chi connectivity index (χ1v) is 8.88. The van der Waals surface area contributed by atoms with Crippen molar-refractivity contribution in [2.75, 3.05) is 17.4 Å². The van der Waals surface area contributed by atoms with Crippen LogP contribution in [-0.2, 0) is 26.2 Å². The van der Waals surface area contributed by atoms with Gasteiger partial charge < -0.3 is 10.4 Å². The van der Waals surface area contributed by atoms with Gasteiger partial charge in [-0.25, -0.2) is 9.03 Å². The average molecular weight is 355 g/mol. The molecule has 1 aliphatic heterocycles. The highest BCUT2D eigenvalue weighted by molar-refractivity contribution is 7.92. The van der Waals surface area contributed by atoms with E-state index in [1.165, 1.54) is 12.1 Å². The van der Waals surface area contributed by atoms with Gasteiger partial charge in [0.2, 0.25) is 5.91 Å². The minimum atomic E-state index is -3.95. The van der Waals surface area contributed by atoms with Crippen LogP contribution < -0.4 is 14.3 Å². The quantitative estimate of drug-likeness (QED) is 0.717. The van der Waals surface area contributed by atoms with Crippen molar-refractivity contribution >= 4 is 27.7 Å². The number of hydrogen-bond acceptors (Lipinski definition) is 5. The highest BCUT2D eigenvalue weighted by atomic mass is 32.2. The molecule has 24 heavy (non-hydrogen) atoms. The van der Waals surface area contributed by atoms with Gasteiger partial charge in [-0.05, 0) is 24.1 Å². The Balaban J connectivity index is 2.05. The molecular weight excluding hydrogens is 334 g/mol. The standard InChI is InChI=1S/C15H21N3O5S/c1-15(2,3)14(21)16-7-6-10-4-5-11(12(19)8-10)18-9-13(20)17-24(18,22)23/h4-5,8,19H,6-7,9H2,1-3H3,(H,16,21)(H,17,20). The Morgan fingerprint density at radius 2 is 2.04 bits per heavy atom. The molecule has 2 rings (SSSR count). The van der Waals surface area contributed by atoms with Crippen LogP contribution in [0.4, 0.5) is 5.69 Å². The predicted molar refractivity (Wildman–Crippen MR) is 88.7 cm³/mol. The molecule has 0 saturated carbocycles. The minimum absolute atomic E-state index is 0.0378. The van der Waals surface area contributed by atoms with Crippen molar-refractivity contribution < 1.29 is 23.1 Å². The van der Waals surface area contributed by atoms with Gasteiger partial charge in [-0.3, -0.25) is 9.59 Å². The fourth-order valence-electron chi connectivity index (χ4n) is 2.18. The summed E-state index contributed by atoms with van der Waals surface area (Å²) in [6.07, 6.45) is 0.486. The summed E-state index contributed by atoms with van der Waals surface area (Å²) in [4.78, 5) is 23.0. The fraction of sp³-hybridized carbons (Fsp3) is 0.467. The maximum absolute atomic E-state index is 11.8. The van der Waals surface area contributed by atoms with Gasteiger partial charge in [0.15, 0.2) is 0 Å². The number of carbonyl (C=O) groups is 2. The molecule has 0 unspecified atom stereocenters. The fourth-order valence-corrected chi connectivity index (χ4v) is 3.35. The van der Waals surface area contributed by atoms with E-state index >= 15 is 0 Å². The lowest BCUT2D eigenvalue weighted by Gasteiger charge is -2.18. The lowest BCUT2D eigenvalue weighted by Crippen LogP contribution is -2.35. The lowest BCUT2D eigenvalue weighted by molar-refractivity contribution is -0.128. The number of hydrogen-bond donors (Lipinski definition) is 3. The van der Waals surface area contributed by atoms with E-state index in [0.717, 1.165) is 9.87 Å². The molecule has 8 nitrogen and oxygen atoms in total. The highest BCUT2D eigenvalue weighted by Gasteiger charge is 2.35. The minimum Gasteiger partial charge on any atom is -0.506 e. The van der Waals surface area contributed by atoms with Crippen molar-refractivity contribution in [2.45, 2.75) is 27.2 Å². The molecule has 132 valence electrons. The van der Waals surface area contributed by atoms with Crippen LogP contribution >= 0.6 is 0 Å². The molecule has 3 N–H and O–H groups in total. The molecule has 0 aromatic heterocycles. The Morgan fingerprint density at radius 3 is 2.54 bits per heavy atom. The van der Waals surface area contributed by atoms with Gasteiger partial charge in [-0.15, -0.1) is 0 Å². The van der Waals surface area contributed by atoms with E-state index in [2.05, 4.69) is 5.32 Å². The van der Waals surface area contributed by atoms with E-state index in [-0.39, 0.29) is 23.9 Å². The zero-order valence-corrected chi connectivity index (χ0v) is 14.6. The predicted octanol–water partition coefficient (Wildman–Crippen LogP) is 0.278. The summed E-state index contributed by atoms with van der Waals surface area (Å²) >= 11 is 0. The van der Waals surface area contributed by atoms with E-state index in [9.17, 15) is 23.1 Å². The molecule has 9 heteroatoms. The van der Waals surface area contributed by atoms with Crippen molar-refractivity contribution in [3.63, 3.8) is 0 Å². The molecule has 0 atom stereocenters. The second-order valence-electron chi connectivity index (χ2n) is 6.62. The number of nitrogens with zero attached hydrogens (tertiary/aromatic N) is 1. The van der Waals surface area contributed by atoms with Gasteiger partial charge in [0.25, 0.3) is 5.91 Å². The van der Waals surface area contributed by atoms with Gasteiger partial charge in [0.1, 0.15) is 12.3 Å². The number of phenols is 1. The molecule has 1 aliphatic rings. The second kappa shape index (κ2) is 6.31. The number of anilines is 1. The Bertz CT molecular complexity index is 768. The van der Waals surface area contributed by atoms with Gasteiger partial charge in [-0.1, -0.05) is 26.8 Å². The molecule has 0 radical (unpaired) electrons. The number of carbonyl (C=O) groups excluding carboxylic acids is 2. The SMILES string of the molecule is CC(C)(C)C(=O)NCCc1ccc(N2CC(=O)NS2(=O)=O)c(O)c1. The number of nitrogens with one attached hydrogen (secondary N) is 2. The van der Waals surface area contributed by atoms with Crippen molar-refractivity contribution in [2.24, 2.45) is 5.41 Å². The van der Waals surface area contributed by atoms with Gasteiger partial charge in [-0.2, -0.15) is 8.42 Å². The van der Waals surface area contributed by atoms with Crippen LogP contribution in [0.25, 0.3) is 0 Å². The van der Waals surface area contributed by atoms with Gasteiger partial charge in [0.05, 0.1) is 5.69 Å². The number of phenolic OH excluding ortho intramolecular Hbond substituents is 1. The molecule has 2 amide bonds. The summed E-state index contributed by atoms with van der Waals surface area (Å²) < 4.78 is 26.2. The number of benzene rings is 1. The maximum Gasteiger partial charge on any atom is 0.326 e. The summed E-state index contributed by atoms with van der Waals surface area (Å²) in [5.41, 5.74) is 0.299. The first kappa shape index (κ1) is 18.1. The molecule has 0 spiro atoms. The maximum atomic E-state index is 11.8. The molecule has 1 saturated heterocycles. The summed E-state index contributed by atoms with van der Waals surface area (Å²) in [6, 6.07) is 4.52. The van der Waals surface area contributed by atoms with E-state index in [0.29, 0.717) is 13.0 Å². The first-order valence-electron chi connectivity index (χ1n) is 7.44. The third-order valence-corrected chi connectivity index (χ3v) is 4.90. The zero-order valence-electron chi connectivity index (χ0n) is 13.8. The van der Waals surface area contributed by atoms with E-state index < -0.39 is 21.5 Å². The molecule has 1 fully saturated rings. The van der Waals surface area contributed by atoms with Crippen LogP contribution in [0, 0.1) is 5.41 Å². The molecule has 0 bridgehead atoms. The summed E-state index contributed by atoms with van der Waals surface area (Å²) in [5.74, 6) is -0.964. The third kappa shape index (κ3) is 3.97. The molecule has 1 heterocycles. The van der Waals surface area contributed by atoms with Crippen LogP contribution in [0.3, 0.4) is 0 Å². The molecule has 1 aromatic carbocycles. The largest absolute Gasteiger partial charge is 0.506 e. The molecule has 0 aliphatic carbocycles. The van der Waals surface area contributed by atoms with Crippen LogP contribution in [0.1, 0.15) is 26.3 Å². The zero-order chi connectivity index (χ0) is 18.1. The van der Waals surface area contributed by atoms with Crippen LogP contribution in [0.15, 0.2) is 18.2 Å². The Kier molecular flexibility index (Phi) is 4.75. The van der Waals surface area contributed by atoms with Gasteiger partial charge in [0, 0.05) is 12.0 Å². The summed E-state index contributed by atoms with van der Waals surface area (Å²) in [5, 5.41) is 12.9. The lowest BCUT2D eigenvalue weighted by atomic mass is 9.95. The van der Waals surface area contributed by atoms with Gasteiger partial charge >= 0.3 is 10.2 Å². The van der Waals surface area contributed by atoms with E-state index in [4.69, 9.17) is 0 Å². The highest BCUT2D eigenvalue weighted by Crippen LogP contribution is 2.31. The van der Waals surface area contributed by atoms with Crippen molar-refractivity contribution in [1.82, 2.24) is 10.0 Å². The Morgan fingerprint density at radius 1 is 1.38 bits per heavy atom. The summed E-state index contributed by atoms with van der Waals surface area (Å²) in [7, 11) is -3.95. The van der Waals surface area contributed by atoms with Crippen molar-refractivity contribution in [3.8, 4) is 5.75 Å². The van der Waals surface area contributed by atoms with Crippen molar-refractivity contribution in [3.05, 3.63) is 23.8 Å². The van der Waals surface area contributed by atoms with Crippen LogP contribution in [0.2, 0.25) is 0 Å². The smallest absolute Gasteiger partial charge is 0.326 e. The van der Waals surface area contributed by atoms with Crippen molar-refractivity contribution in [1.29, 1.82) is 0 Å². The number of amides is 2.